The molecule has 5 heteroatoms. The van der Waals surface area contributed by atoms with E-state index >= 15 is 0 Å². The van der Waals surface area contributed by atoms with Crippen LogP contribution in [0.2, 0.25) is 0 Å². The zero-order chi connectivity index (χ0) is 15.0. The predicted molar refractivity (Wildman–Crippen MR) is 75.8 cm³/mol. The Morgan fingerprint density at radius 1 is 1.11 bits per heavy atom. The highest BCUT2D eigenvalue weighted by Gasteiger charge is 2.22. The number of hydrogen-bond acceptors (Lipinski definition) is 4. The van der Waals surface area contributed by atoms with E-state index in [1.165, 1.54) is 7.11 Å². The van der Waals surface area contributed by atoms with Crippen LogP contribution in [0, 0.1) is 11.8 Å². The van der Waals surface area contributed by atoms with Crippen LogP contribution in [-0.4, -0.2) is 62.5 Å². The van der Waals surface area contributed by atoms with Gasteiger partial charge in [-0.3, -0.25) is 9.59 Å². The van der Waals surface area contributed by atoms with Crippen molar-refractivity contribution in [3.8, 4) is 0 Å². The quantitative estimate of drug-likeness (QED) is 0.624. The molecular formula is C14H28N2O3. The molecule has 0 bridgehead atoms. The van der Waals surface area contributed by atoms with Crippen LogP contribution in [0.4, 0.5) is 0 Å². The smallest absolute Gasteiger partial charge is 0.310 e. The zero-order valence-corrected chi connectivity index (χ0v) is 13.1. The standard InChI is InChI=1S/C14H28N2O3/c1-11(2)13(17)16(9-7-8-15(4)5)10-12(3)14(18)19-6/h11-12H,7-10H2,1-6H3. The van der Waals surface area contributed by atoms with Crippen LogP contribution in [0.25, 0.3) is 0 Å². The first-order chi connectivity index (χ1) is 8.79. The normalized spacial score (nSPS) is 12.6. The predicted octanol–water partition coefficient (Wildman–Crippen LogP) is 1.23. The van der Waals surface area contributed by atoms with Gasteiger partial charge in [-0.1, -0.05) is 20.8 Å². The Kier molecular flexibility index (Phi) is 8.39. The van der Waals surface area contributed by atoms with Gasteiger partial charge in [-0.05, 0) is 27.1 Å². The number of esters is 1. The number of amides is 1. The van der Waals surface area contributed by atoms with Gasteiger partial charge >= 0.3 is 5.97 Å². The lowest BCUT2D eigenvalue weighted by atomic mass is 10.1. The molecule has 0 aliphatic rings. The fraction of sp³-hybridized carbons (Fsp3) is 0.857. The Labute approximate surface area is 116 Å². The van der Waals surface area contributed by atoms with Crippen LogP contribution >= 0.6 is 0 Å². The Morgan fingerprint density at radius 3 is 2.11 bits per heavy atom. The molecule has 0 heterocycles. The highest BCUT2D eigenvalue weighted by molar-refractivity contribution is 5.79. The minimum absolute atomic E-state index is 0.0517. The fourth-order valence-corrected chi connectivity index (χ4v) is 1.84. The summed E-state index contributed by atoms with van der Waals surface area (Å²) in [6.07, 6.45) is 0.902. The van der Waals surface area contributed by atoms with Gasteiger partial charge in [0.2, 0.25) is 5.91 Å². The number of rotatable bonds is 8. The van der Waals surface area contributed by atoms with E-state index in [9.17, 15) is 9.59 Å². The van der Waals surface area contributed by atoms with Crippen LogP contribution in [0.15, 0.2) is 0 Å². The molecule has 0 aromatic heterocycles. The van der Waals surface area contributed by atoms with Crippen LogP contribution in [0.5, 0.6) is 0 Å². The van der Waals surface area contributed by atoms with Gasteiger partial charge in [0.15, 0.2) is 0 Å². The van der Waals surface area contributed by atoms with Crippen molar-refractivity contribution < 1.29 is 14.3 Å². The molecule has 0 spiro atoms. The number of ether oxygens (including phenoxy) is 1. The Bertz CT molecular complexity index is 290. The van der Waals surface area contributed by atoms with Crippen LogP contribution in [-0.2, 0) is 14.3 Å². The van der Waals surface area contributed by atoms with Crippen LogP contribution < -0.4 is 0 Å². The summed E-state index contributed by atoms with van der Waals surface area (Å²) < 4.78 is 4.71. The summed E-state index contributed by atoms with van der Waals surface area (Å²) >= 11 is 0. The molecule has 0 saturated carbocycles. The molecule has 1 atom stereocenters. The summed E-state index contributed by atoms with van der Waals surface area (Å²) in [6.45, 7) is 7.58. The first-order valence-corrected chi connectivity index (χ1v) is 6.80. The van der Waals surface area contributed by atoms with E-state index in [2.05, 4.69) is 4.90 Å². The number of carbonyl (C=O) groups is 2. The summed E-state index contributed by atoms with van der Waals surface area (Å²) in [7, 11) is 5.39. The maximum absolute atomic E-state index is 12.1. The molecule has 19 heavy (non-hydrogen) atoms. The Morgan fingerprint density at radius 2 is 1.68 bits per heavy atom. The first-order valence-electron chi connectivity index (χ1n) is 6.80. The first kappa shape index (κ1) is 17.9. The average molecular weight is 272 g/mol. The highest BCUT2D eigenvalue weighted by atomic mass is 16.5. The maximum atomic E-state index is 12.1. The molecule has 0 aliphatic heterocycles. The van der Waals surface area contributed by atoms with Crippen LogP contribution in [0.1, 0.15) is 27.2 Å². The molecule has 112 valence electrons. The van der Waals surface area contributed by atoms with Gasteiger partial charge in [0.1, 0.15) is 0 Å². The second-order valence-corrected chi connectivity index (χ2v) is 5.52. The molecule has 0 aromatic carbocycles. The number of nitrogens with zero attached hydrogens (tertiary/aromatic N) is 2. The molecule has 0 saturated heterocycles. The second-order valence-electron chi connectivity index (χ2n) is 5.52. The molecule has 1 amide bonds. The molecule has 0 aliphatic carbocycles. The monoisotopic (exact) mass is 272 g/mol. The lowest BCUT2D eigenvalue weighted by molar-refractivity contribution is -0.146. The number of carbonyl (C=O) groups excluding carboxylic acids is 2. The second kappa shape index (κ2) is 8.91. The third kappa shape index (κ3) is 7.15. The topological polar surface area (TPSA) is 49.9 Å². The minimum atomic E-state index is -0.285. The highest BCUT2D eigenvalue weighted by Crippen LogP contribution is 2.08. The Hall–Kier alpha value is -1.10. The minimum Gasteiger partial charge on any atom is -0.469 e. The van der Waals surface area contributed by atoms with Gasteiger partial charge in [0.05, 0.1) is 13.0 Å². The van der Waals surface area contributed by atoms with Crippen molar-refractivity contribution in [3.05, 3.63) is 0 Å². The van der Waals surface area contributed by atoms with E-state index in [1.54, 1.807) is 11.8 Å². The fourth-order valence-electron chi connectivity index (χ4n) is 1.84. The van der Waals surface area contributed by atoms with E-state index in [0.29, 0.717) is 13.1 Å². The van der Waals surface area contributed by atoms with E-state index in [0.717, 1.165) is 13.0 Å². The molecular weight excluding hydrogens is 244 g/mol. The molecule has 0 N–H and O–H groups in total. The Balaban J connectivity index is 4.50. The van der Waals surface area contributed by atoms with Crippen LogP contribution in [0.3, 0.4) is 0 Å². The summed E-state index contributed by atoms with van der Waals surface area (Å²) in [5.41, 5.74) is 0. The summed E-state index contributed by atoms with van der Waals surface area (Å²) in [5.74, 6) is -0.514. The van der Waals surface area contributed by atoms with Gasteiger partial charge in [-0.15, -0.1) is 0 Å². The molecule has 0 fully saturated rings. The van der Waals surface area contributed by atoms with Gasteiger partial charge in [0.25, 0.3) is 0 Å². The van der Waals surface area contributed by atoms with Gasteiger partial charge in [0, 0.05) is 19.0 Å². The summed E-state index contributed by atoms with van der Waals surface area (Å²) in [4.78, 5) is 27.4. The molecule has 1 unspecified atom stereocenters. The molecule has 5 nitrogen and oxygen atoms in total. The van der Waals surface area contributed by atoms with Crippen molar-refractivity contribution in [2.24, 2.45) is 11.8 Å². The summed E-state index contributed by atoms with van der Waals surface area (Å²) in [5, 5.41) is 0. The van der Waals surface area contributed by atoms with Crippen molar-refractivity contribution in [3.63, 3.8) is 0 Å². The third-order valence-corrected chi connectivity index (χ3v) is 2.94. The largest absolute Gasteiger partial charge is 0.469 e. The lowest BCUT2D eigenvalue weighted by Crippen LogP contribution is -2.40. The van der Waals surface area contributed by atoms with E-state index in [4.69, 9.17) is 4.74 Å². The van der Waals surface area contributed by atoms with Crippen molar-refractivity contribution in [1.29, 1.82) is 0 Å². The molecule has 0 radical (unpaired) electrons. The van der Waals surface area contributed by atoms with Gasteiger partial charge < -0.3 is 14.5 Å². The van der Waals surface area contributed by atoms with E-state index in [1.807, 2.05) is 27.9 Å². The van der Waals surface area contributed by atoms with Crippen molar-refractivity contribution in [2.45, 2.75) is 27.2 Å². The number of methoxy groups -OCH3 is 1. The van der Waals surface area contributed by atoms with E-state index < -0.39 is 0 Å². The zero-order valence-electron chi connectivity index (χ0n) is 13.1. The van der Waals surface area contributed by atoms with E-state index in [-0.39, 0.29) is 23.7 Å². The molecule has 0 rings (SSSR count). The van der Waals surface area contributed by atoms with Crippen molar-refractivity contribution in [1.82, 2.24) is 9.80 Å². The third-order valence-electron chi connectivity index (χ3n) is 2.94. The summed E-state index contributed by atoms with van der Waals surface area (Å²) in [6, 6.07) is 0. The average Bonchev–Trinajstić information content (AvgIpc) is 2.34. The SMILES string of the molecule is COC(=O)C(C)CN(CCCN(C)C)C(=O)C(C)C. The maximum Gasteiger partial charge on any atom is 0.310 e. The lowest BCUT2D eigenvalue weighted by Gasteiger charge is -2.27. The van der Waals surface area contributed by atoms with Crippen molar-refractivity contribution in [2.75, 3.05) is 40.8 Å². The van der Waals surface area contributed by atoms with Gasteiger partial charge in [-0.25, -0.2) is 0 Å². The number of hydrogen-bond donors (Lipinski definition) is 0. The van der Waals surface area contributed by atoms with Crippen molar-refractivity contribution >= 4 is 11.9 Å². The molecule has 0 aromatic rings. The van der Waals surface area contributed by atoms with Gasteiger partial charge in [-0.2, -0.15) is 0 Å².